The highest BCUT2D eigenvalue weighted by atomic mass is 16.5. The topological polar surface area (TPSA) is 47.3 Å². The Kier molecular flexibility index (Phi) is 2.93. The van der Waals surface area contributed by atoms with Crippen LogP contribution in [-0.4, -0.2) is 7.11 Å². The number of hydrazine groups is 1. The third-order valence-electron chi connectivity index (χ3n) is 2.00. The van der Waals surface area contributed by atoms with Crippen LogP contribution in [0.15, 0.2) is 24.8 Å². The Labute approximate surface area is 78.2 Å². The van der Waals surface area contributed by atoms with Gasteiger partial charge in [0.15, 0.2) is 0 Å². The highest BCUT2D eigenvalue weighted by Gasteiger charge is 2.05. The smallest absolute Gasteiger partial charge is 0.122 e. The molecule has 0 amide bonds. The van der Waals surface area contributed by atoms with E-state index >= 15 is 0 Å². The average Bonchev–Trinajstić information content (AvgIpc) is 2.17. The standard InChI is InChI=1S/C10H14N2O/c1-7-9(8(2)12-11)5-4-6-10(7)13-3/h4-6,12H,2,11H2,1,3H3. The molecule has 3 N–H and O–H groups in total. The first-order chi connectivity index (χ1) is 6.20. The molecule has 1 rings (SSSR count). The zero-order chi connectivity index (χ0) is 9.84. The van der Waals surface area contributed by atoms with Gasteiger partial charge in [0.1, 0.15) is 5.75 Å². The molecule has 0 saturated carbocycles. The minimum Gasteiger partial charge on any atom is -0.496 e. The summed E-state index contributed by atoms with van der Waals surface area (Å²) in [6.45, 7) is 5.76. The van der Waals surface area contributed by atoms with Crippen molar-refractivity contribution < 1.29 is 4.74 Å². The summed E-state index contributed by atoms with van der Waals surface area (Å²) in [6, 6.07) is 5.76. The maximum Gasteiger partial charge on any atom is 0.122 e. The van der Waals surface area contributed by atoms with Gasteiger partial charge in [0.25, 0.3) is 0 Å². The molecule has 1 aromatic carbocycles. The number of benzene rings is 1. The molecule has 0 unspecified atom stereocenters. The molecule has 0 aliphatic heterocycles. The van der Waals surface area contributed by atoms with Crippen LogP contribution in [0.4, 0.5) is 0 Å². The largest absolute Gasteiger partial charge is 0.496 e. The van der Waals surface area contributed by atoms with Crippen molar-refractivity contribution in [1.82, 2.24) is 5.43 Å². The zero-order valence-electron chi connectivity index (χ0n) is 7.92. The van der Waals surface area contributed by atoms with Crippen LogP contribution in [0.2, 0.25) is 0 Å². The molecule has 0 radical (unpaired) electrons. The van der Waals surface area contributed by atoms with E-state index in [0.717, 1.165) is 16.9 Å². The van der Waals surface area contributed by atoms with Crippen molar-refractivity contribution in [2.75, 3.05) is 7.11 Å². The van der Waals surface area contributed by atoms with Crippen molar-refractivity contribution in [3.63, 3.8) is 0 Å². The predicted molar refractivity (Wildman–Crippen MR) is 54.1 cm³/mol. The summed E-state index contributed by atoms with van der Waals surface area (Å²) in [5.41, 5.74) is 5.22. The molecule has 0 spiro atoms. The van der Waals surface area contributed by atoms with Crippen LogP contribution in [0, 0.1) is 6.92 Å². The Morgan fingerprint density at radius 1 is 1.54 bits per heavy atom. The molecule has 0 aliphatic carbocycles. The summed E-state index contributed by atoms with van der Waals surface area (Å²) >= 11 is 0. The van der Waals surface area contributed by atoms with Gasteiger partial charge in [-0.3, -0.25) is 5.84 Å². The van der Waals surface area contributed by atoms with Gasteiger partial charge in [-0.2, -0.15) is 0 Å². The lowest BCUT2D eigenvalue weighted by Gasteiger charge is -2.11. The van der Waals surface area contributed by atoms with Crippen LogP contribution in [0.25, 0.3) is 5.70 Å². The molecule has 1 aromatic rings. The van der Waals surface area contributed by atoms with Gasteiger partial charge >= 0.3 is 0 Å². The molecule has 0 fully saturated rings. The first-order valence-corrected chi connectivity index (χ1v) is 4.00. The molecule has 0 atom stereocenters. The van der Waals surface area contributed by atoms with Gasteiger partial charge in [0.05, 0.1) is 7.11 Å². The van der Waals surface area contributed by atoms with Crippen molar-refractivity contribution in [2.45, 2.75) is 6.92 Å². The minimum absolute atomic E-state index is 0.691. The fraction of sp³-hybridized carbons (Fsp3) is 0.200. The number of nitrogens with two attached hydrogens (primary N) is 1. The first kappa shape index (κ1) is 9.61. The number of hydrogen-bond acceptors (Lipinski definition) is 3. The van der Waals surface area contributed by atoms with Gasteiger partial charge in [-0.15, -0.1) is 0 Å². The van der Waals surface area contributed by atoms with E-state index in [-0.39, 0.29) is 0 Å². The summed E-state index contributed by atoms with van der Waals surface area (Å²) in [6.07, 6.45) is 0. The fourth-order valence-corrected chi connectivity index (χ4v) is 1.24. The van der Waals surface area contributed by atoms with Crippen LogP contribution in [0.1, 0.15) is 11.1 Å². The summed E-state index contributed by atoms with van der Waals surface area (Å²) < 4.78 is 5.17. The van der Waals surface area contributed by atoms with Crippen LogP contribution in [0.5, 0.6) is 5.75 Å². The Morgan fingerprint density at radius 3 is 2.77 bits per heavy atom. The third kappa shape index (κ3) is 1.81. The second-order valence-electron chi connectivity index (χ2n) is 2.76. The third-order valence-corrected chi connectivity index (χ3v) is 2.00. The summed E-state index contributed by atoms with van der Waals surface area (Å²) in [7, 11) is 1.64. The van der Waals surface area contributed by atoms with Gasteiger partial charge in [0, 0.05) is 16.8 Å². The van der Waals surface area contributed by atoms with Crippen molar-refractivity contribution in [1.29, 1.82) is 0 Å². The van der Waals surface area contributed by atoms with E-state index in [1.807, 2.05) is 25.1 Å². The second-order valence-corrected chi connectivity index (χ2v) is 2.76. The average molecular weight is 178 g/mol. The molecule has 0 aromatic heterocycles. The minimum atomic E-state index is 0.691. The molecular formula is C10H14N2O. The first-order valence-electron chi connectivity index (χ1n) is 4.00. The number of ether oxygens (including phenoxy) is 1. The molecule has 3 nitrogen and oxygen atoms in total. The highest BCUT2D eigenvalue weighted by molar-refractivity contribution is 5.66. The molecule has 0 bridgehead atoms. The molecule has 70 valence electrons. The molecular weight excluding hydrogens is 164 g/mol. The van der Waals surface area contributed by atoms with Gasteiger partial charge in [-0.25, -0.2) is 0 Å². The number of nitrogens with one attached hydrogen (secondary N) is 1. The molecule has 3 heteroatoms. The zero-order valence-corrected chi connectivity index (χ0v) is 7.92. The van der Waals surface area contributed by atoms with Crippen molar-refractivity contribution in [3.05, 3.63) is 35.9 Å². The predicted octanol–water partition coefficient (Wildman–Crippen LogP) is 1.44. The Balaban J connectivity index is 3.15. The van der Waals surface area contributed by atoms with E-state index in [1.165, 1.54) is 0 Å². The maximum atomic E-state index is 5.27. The Bertz CT molecular complexity index is 321. The second kappa shape index (κ2) is 3.96. The van der Waals surface area contributed by atoms with E-state index in [2.05, 4.69) is 12.0 Å². The lowest BCUT2D eigenvalue weighted by Crippen LogP contribution is -2.19. The van der Waals surface area contributed by atoms with Gasteiger partial charge < -0.3 is 10.2 Å². The maximum absolute atomic E-state index is 5.27. The van der Waals surface area contributed by atoms with Crippen molar-refractivity contribution >= 4 is 5.70 Å². The summed E-state index contributed by atoms with van der Waals surface area (Å²) in [4.78, 5) is 0. The monoisotopic (exact) mass is 178 g/mol. The molecule has 0 heterocycles. The summed E-state index contributed by atoms with van der Waals surface area (Å²) in [5, 5.41) is 0. The Hall–Kier alpha value is -1.48. The van der Waals surface area contributed by atoms with E-state index in [0.29, 0.717) is 5.70 Å². The SMILES string of the molecule is C=C(NN)c1cccc(OC)c1C. The van der Waals surface area contributed by atoms with Gasteiger partial charge in [0.2, 0.25) is 0 Å². The van der Waals surface area contributed by atoms with Crippen LogP contribution >= 0.6 is 0 Å². The van der Waals surface area contributed by atoms with Crippen LogP contribution < -0.4 is 16.0 Å². The Morgan fingerprint density at radius 2 is 2.23 bits per heavy atom. The quantitative estimate of drug-likeness (QED) is 0.544. The number of hydrogen-bond donors (Lipinski definition) is 2. The van der Waals surface area contributed by atoms with Gasteiger partial charge in [-0.05, 0) is 13.0 Å². The van der Waals surface area contributed by atoms with Crippen molar-refractivity contribution in [3.8, 4) is 5.75 Å². The van der Waals surface area contributed by atoms with Crippen molar-refractivity contribution in [2.24, 2.45) is 5.84 Å². The van der Waals surface area contributed by atoms with E-state index in [1.54, 1.807) is 7.11 Å². The number of methoxy groups -OCH3 is 1. The molecule has 0 aliphatic rings. The van der Waals surface area contributed by atoms with E-state index < -0.39 is 0 Å². The van der Waals surface area contributed by atoms with Crippen LogP contribution in [0.3, 0.4) is 0 Å². The highest BCUT2D eigenvalue weighted by Crippen LogP contribution is 2.23. The summed E-state index contributed by atoms with van der Waals surface area (Å²) in [5.74, 6) is 6.12. The molecule has 0 saturated heterocycles. The van der Waals surface area contributed by atoms with Crippen LogP contribution in [-0.2, 0) is 0 Å². The normalized spacial score (nSPS) is 9.46. The molecule has 13 heavy (non-hydrogen) atoms. The fourth-order valence-electron chi connectivity index (χ4n) is 1.24. The lowest BCUT2D eigenvalue weighted by atomic mass is 10.1. The lowest BCUT2D eigenvalue weighted by molar-refractivity contribution is 0.411. The van der Waals surface area contributed by atoms with E-state index in [4.69, 9.17) is 10.6 Å². The van der Waals surface area contributed by atoms with E-state index in [9.17, 15) is 0 Å². The van der Waals surface area contributed by atoms with Gasteiger partial charge in [-0.1, -0.05) is 18.7 Å². The number of rotatable bonds is 3.